The molecule has 0 amide bonds. The molecule has 2 unspecified atom stereocenters. The van der Waals surface area contributed by atoms with E-state index in [9.17, 15) is 5.26 Å². The van der Waals surface area contributed by atoms with E-state index in [2.05, 4.69) is 28.5 Å². The van der Waals surface area contributed by atoms with Gasteiger partial charge in [0.1, 0.15) is 10.5 Å². The molecule has 0 saturated heterocycles. The van der Waals surface area contributed by atoms with Crippen LogP contribution in [0.1, 0.15) is 37.6 Å². The fraction of sp³-hybridized carbons (Fsp3) is 0.750. The summed E-state index contributed by atoms with van der Waals surface area (Å²) in [5.41, 5.74) is -0.312. The van der Waals surface area contributed by atoms with Crippen molar-refractivity contribution in [3.8, 4) is 6.07 Å². The highest BCUT2D eigenvalue weighted by atomic mass is 32.2. The molecule has 1 aromatic rings. The highest BCUT2D eigenvalue weighted by Gasteiger charge is 2.39. The SMILES string of the molecule is CCCNC1(C#N)CCC(Sc2nnc(C)s2)C1. The number of hydrogen-bond acceptors (Lipinski definition) is 6. The molecule has 1 aliphatic rings. The van der Waals surface area contributed by atoms with Gasteiger partial charge in [0, 0.05) is 5.25 Å². The van der Waals surface area contributed by atoms with Crippen LogP contribution in [0.2, 0.25) is 0 Å². The van der Waals surface area contributed by atoms with Crippen LogP contribution in [0.25, 0.3) is 0 Å². The zero-order chi connectivity index (χ0) is 13.0. The molecule has 2 rings (SSSR count). The summed E-state index contributed by atoms with van der Waals surface area (Å²) in [6.07, 6.45) is 4.00. The van der Waals surface area contributed by atoms with Gasteiger partial charge in [0.05, 0.1) is 6.07 Å². The van der Waals surface area contributed by atoms with Crippen molar-refractivity contribution in [3.05, 3.63) is 5.01 Å². The molecule has 0 aromatic carbocycles. The molecule has 98 valence electrons. The monoisotopic (exact) mass is 282 g/mol. The Labute approximate surface area is 116 Å². The molecule has 18 heavy (non-hydrogen) atoms. The van der Waals surface area contributed by atoms with Crippen molar-refractivity contribution in [2.24, 2.45) is 0 Å². The number of rotatable bonds is 5. The Hall–Kier alpha value is -0.640. The number of nitriles is 1. The second kappa shape index (κ2) is 6.00. The average Bonchev–Trinajstić information content (AvgIpc) is 2.95. The maximum absolute atomic E-state index is 9.38. The molecule has 0 radical (unpaired) electrons. The van der Waals surface area contributed by atoms with Gasteiger partial charge in [-0.05, 0) is 39.2 Å². The van der Waals surface area contributed by atoms with Crippen molar-refractivity contribution in [1.82, 2.24) is 15.5 Å². The van der Waals surface area contributed by atoms with Gasteiger partial charge in [-0.1, -0.05) is 30.0 Å². The first-order valence-corrected chi connectivity index (χ1v) is 8.00. The summed E-state index contributed by atoms with van der Waals surface area (Å²) in [7, 11) is 0. The molecule has 2 atom stereocenters. The van der Waals surface area contributed by atoms with Gasteiger partial charge in [-0.2, -0.15) is 5.26 Å². The lowest BCUT2D eigenvalue weighted by Gasteiger charge is -2.22. The Kier molecular flexibility index (Phi) is 4.60. The molecule has 1 aliphatic carbocycles. The van der Waals surface area contributed by atoms with E-state index < -0.39 is 0 Å². The molecular formula is C12H18N4S2. The molecule has 0 bridgehead atoms. The van der Waals surface area contributed by atoms with Gasteiger partial charge in [0.25, 0.3) is 0 Å². The van der Waals surface area contributed by atoms with Crippen LogP contribution in [0.4, 0.5) is 0 Å². The Morgan fingerprint density at radius 2 is 2.44 bits per heavy atom. The molecule has 1 fully saturated rings. The van der Waals surface area contributed by atoms with E-state index in [1.165, 1.54) is 0 Å². The van der Waals surface area contributed by atoms with Crippen molar-refractivity contribution < 1.29 is 0 Å². The molecule has 1 heterocycles. The standard InChI is InChI=1S/C12H18N4S2/c1-3-6-14-12(8-13)5-4-10(7-12)18-11-16-15-9(2)17-11/h10,14H,3-7H2,1-2H3. The van der Waals surface area contributed by atoms with Gasteiger partial charge >= 0.3 is 0 Å². The van der Waals surface area contributed by atoms with Crippen molar-refractivity contribution in [2.75, 3.05) is 6.54 Å². The van der Waals surface area contributed by atoms with E-state index in [0.717, 1.165) is 41.6 Å². The van der Waals surface area contributed by atoms with E-state index in [4.69, 9.17) is 0 Å². The summed E-state index contributed by atoms with van der Waals surface area (Å²) in [6, 6.07) is 2.48. The van der Waals surface area contributed by atoms with E-state index in [0.29, 0.717) is 5.25 Å². The van der Waals surface area contributed by atoms with E-state index in [1.807, 2.05) is 6.92 Å². The minimum absolute atomic E-state index is 0.312. The van der Waals surface area contributed by atoms with Gasteiger partial charge in [-0.15, -0.1) is 10.2 Å². The van der Waals surface area contributed by atoms with E-state index >= 15 is 0 Å². The van der Waals surface area contributed by atoms with Gasteiger partial charge in [-0.3, -0.25) is 5.32 Å². The Balaban J connectivity index is 1.92. The van der Waals surface area contributed by atoms with E-state index in [-0.39, 0.29) is 5.54 Å². The van der Waals surface area contributed by atoms with Crippen LogP contribution in [0.3, 0.4) is 0 Å². The fourth-order valence-corrected chi connectivity index (χ4v) is 4.59. The van der Waals surface area contributed by atoms with Crippen LogP contribution in [-0.4, -0.2) is 27.5 Å². The molecule has 6 heteroatoms. The molecule has 1 saturated carbocycles. The predicted molar refractivity (Wildman–Crippen MR) is 74.8 cm³/mol. The predicted octanol–water partition coefficient (Wildman–Crippen LogP) is 2.75. The molecular weight excluding hydrogens is 264 g/mol. The maximum atomic E-state index is 9.38. The highest BCUT2D eigenvalue weighted by molar-refractivity contribution is 8.01. The summed E-state index contributed by atoms with van der Waals surface area (Å²) in [4.78, 5) is 0. The highest BCUT2D eigenvalue weighted by Crippen LogP contribution is 2.40. The molecule has 1 N–H and O–H groups in total. The fourth-order valence-electron chi connectivity index (χ4n) is 2.24. The van der Waals surface area contributed by atoms with Gasteiger partial charge < -0.3 is 0 Å². The Morgan fingerprint density at radius 1 is 1.61 bits per heavy atom. The van der Waals surface area contributed by atoms with Gasteiger partial charge in [-0.25, -0.2) is 0 Å². The third-order valence-electron chi connectivity index (χ3n) is 3.17. The first kappa shape index (κ1) is 13.8. The largest absolute Gasteiger partial charge is 0.299 e. The average molecular weight is 282 g/mol. The minimum Gasteiger partial charge on any atom is -0.299 e. The third-order valence-corrected chi connectivity index (χ3v) is 5.36. The summed E-state index contributed by atoms with van der Waals surface area (Å²) >= 11 is 3.41. The summed E-state index contributed by atoms with van der Waals surface area (Å²) < 4.78 is 1.03. The molecule has 1 aromatic heterocycles. The first-order valence-electron chi connectivity index (χ1n) is 6.30. The summed E-state index contributed by atoms with van der Waals surface area (Å²) in [6.45, 7) is 5.02. The first-order chi connectivity index (χ1) is 8.67. The quantitative estimate of drug-likeness (QED) is 0.899. The summed E-state index contributed by atoms with van der Waals surface area (Å²) in [5.74, 6) is 0. The number of hydrogen-bond donors (Lipinski definition) is 1. The second-order valence-corrected chi connectivity index (χ2v) is 7.42. The lowest BCUT2D eigenvalue weighted by molar-refractivity contribution is 0.424. The topological polar surface area (TPSA) is 61.6 Å². The number of nitrogens with one attached hydrogen (secondary N) is 1. The molecule has 4 nitrogen and oxygen atoms in total. The van der Waals surface area contributed by atoms with Crippen LogP contribution in [0.15, 0.2) is 4.34 Å². The Bertz CT molecular complexity index is 440. The maximum Gasteiger partial charge on any atom is 0.174 e. The minimum atomic E-state index is -0.312. The van der Waals surface area contributed by atoms with Crippen LogP contribution < -0.4 is 5.32 Å². The number of thioether (sulfide) groups is 1. The van der Waals surface area contributed by atoms with Crippen LogP contribution in [0.5, 0.6) is 0 Å². The zero-order valence-corrected chi connectivity index (χ0v) is 12.4. The van der Waals surface area contributed by atoms with Crippen LogP contribution >= 0.6 is 23.1 Å². The van der Waals surface area contributed by atoms with Crippen molar-refractivity contribution >= 4 is 23.1 Å². The smallest absolute Gasteiger partial charge is 0.174 e. The van der Waals surface area contributed by atoms with Crippen molar-refractivity contribution in [3.63, 3.8) is 0 Å². The van der Waals surface area contributed by atoms with Crippen LogP contribution in [-0.2, 0) is 0 Å². The lowest BCUT2D eigenvalue weighted by atomic mass is 10.00. The van der Waals surface area contributed by atoms with Crippen LogP contribution in [0, 0.1) is 18.3 Å². The second-order valence-electron chi connectivity index (χ2n) is 4.69. The third kappa shape index (κ3) is 3.22. The van der Waals surface area contributed by atoms with Gasteiger partial charge in [0.2, 0.25) is 0 Å². The summed E-state index contributed by atoms with van der Waals surface area (Å²) in [5, 5.41) is 22.5. The van der Waals surface area contributed by atoms with Crippen molar-refractivity contribution in [2.45, 2.75) is 54.7 Å². The Morgan fingerprint density at radius 3 is 3.06 bits per heavy atom. The number of aryl methyl sites for hydroxylation is 1. The zero-order valence-electron chi connectivity index (χ0n) is 10.8. The molecule has 0 spiro atoms. The number of aromatic nitrogens is 2. The lowest BCUT2D eigenvalue weighted by Crippen LogP contribution is -2.42. The van der Waals surface area contributed by atoms with Gasteiger partial charge in [0.15, 0.2) is 4.34 Å². The normalized spacial score (nSPS) is 27.3. The molecule has 0 aliphatic heterocycles. The number of nitrogens with zero attached hydrogens (tertiary/aromatic N) is 3. The van der Waals surface area contributed by atoms with Crippen molar-refractivity contribution in [1.29, 1.82) is 5.26 Å². The van der Waals surface area contributed by atoms with E-state index in [1.54, 1.807) is 23.1 Å².